The maximum atomic E-state index is 13.2. The maximum absolute atomic E-state index is 13.2. The second-order valence-corrected chi connectivity index (χ2v) is 8.53. The first-order valence-corrected chi connectivity index (χ1v) is 11.0. The molecule has 164 valence electrons. The lowest BCUT2D eigenvalue weighted by molar-refractivity contribution is -0.114. The SMILES string of the molecule is COc1ccc(OC)c2sc(N(CCCN(C)C)C(=O)/C=C/c3ccccc3Cl)nc12. The number of halogens is 1. The highest BCUT2D eigenvalue weighted by molar-refractivity contribution is 7.22. The highest BCUT2D eigenvalue weighted by Gasteiger charge is 2.21. The molecule has 0 spiro atoms. The molecule has 0 unspecified atom stereocenters. The highest BCUT2D eigenvalue weighted by atomic mass is 35.5. The van der Waals surface area contributed by atoms with Crippen molar-refractivity contribution in [1.29, 1.82) is 0 Å². The molecule has 0 saturated carbocycles. The van der Waals surface area contributed by atoms with E-state index in [4.69, 9.17) is 26.1 Å². The van der Waals surface area contributed by atoms with Gasteiger partial charge in [0.2, 0.25) is 0 Å². The summed E-state index contributed by atoms with van der Waals surface area (Å²) in [6, 6.07) is 11.1. The number of nitrogens with zero attached hydrogens (tertiary/aromatic N) is 3. The molecule has 0 bridgehead atoms. The molecule has 31 heavy (non-hydrogen) atoms. The highest BCUT2D eigenvalue weighted by Crippen LogP contribution is 2.40. The molecule has 3 rings (SSSR count). The molecule has 0 fully saturated rings. The summed E-state index contributed by atoms with van der Waals surface area (Å²) in [6.07, 6.45) is 4.08. The molecule has 0 aliphatic rings. The van der Waals surface area contributed by atoms with Crippen LogP contribution in [0.15, 0.2) is 42.5 Å². The van der Waals surface area contributed by atoms with Crippen LogP contribution < -0.4 is 14.4 Å². The van der Waals surface area contributed by atoms with E-state index in [1.165, 1.54) is 17.4 Å². The van der Waals surface area contributed by atoms with E-state index >= 15 is 0 Å². The molecule has 6 nitrogen and oxygen atoms in total. The summed E-state index contributed by atoms with van der Waals surface area (Å²) in [5.41, 5.74) is 1.47. The molecule has 3 aromatic rings. The molecule has 8 heteroatoms. The molecular weight excluding hydrogens is 434 g/mol. The van der Waals surface area contributed by atoms with Gasteiger partial charge in [0, 0.05) is 17.6 Å². The number of fused-ring (bicyclic) bond motifs is 1. The average molecular weight is 460 g/mol. The summed E-state index contributed by atoms with van der Waals surface area (Å²) in [6.45, 7) is 1.39. The third-order valence-corrected chi connectivity index (χ3v) is 6.13. The molecule has 0 saturated heterocycles. The molecule has 0 aliphatic carbocycles. The van der Waals surface area contributed by atoms with Crippen molar-refractivity contribution in [1.82, 2.24) is 9.88 Å². The smallest absolute Gasteiger partial charge is 0.252 e. The number of aromatic nitrogens is 1. The first-order chi connectivity index (χ1) is 14.9. The monoisotopic (exact) mass is 459 g/mol. The van der Waals surface area contributed by atoms with Crippen LogP contribution in [0.2, 0.25) is 5.02 Å². The Morgan fingerprint density at radius 3 is 2.48 bits per heavy atom. The van der Waals surface area contributed by atoms with E-state index in [1.54, 1.807) is 31.3 Å². The van der Waals surface area contributed by atoms with E-state index in [9.17, 15) is 4.79 Å². The number of ether oxygens (including phenoxy) is 2. The Kier molecular flexibility index (Phi) is 7.90. The van der Waals surface area contributed by atoms with Gasteiger partial charge in [-0.3, -0.25) is 9.69 Å². The zero-order valence-electron chi connectivity index (χ0n) is 18.1. The van der Waals surface area contributed by atoms with E-state index in [2.05, 4.69) is 4.90 Å². The van der Waals surface area contributed by atoms with Gasteiger partial charge in [-0.15, -0.1) is 0 Å². The van der Waals surface area contributed by atoms with Crippen LogP contribution in [-0.2, 0) is 4.79 Å². The fourth-order valence-electron chi connectivity index (χ4n) is 3.10. The van der Waals surface area contributed by atoms with Crippen molar-refractivity contribution in [3.05, 3.63) is 53.1 Å². The van der Waals surface area contributed by atoms with E-state index in [-0.39, 0.29) is 5.91 Å². The lowest BCUT2D eigenvalue weighted by Crippen LogP contribution is -2.32. The molecule has 1 aromatic heterocycles. The normalized spacial score (nSPS) is 11.4. The fourth-order valence-corrected chi connectivity index (χ4v) is 4.40. The fraction of sp³-hybridized carbons (Fsp3) is 0.304. The second kappa shape index (κ2) is 10.6. The number of thiazole rings is 1. The van der Waals surface area contributed by atoms with E-state index in [0.29, 0.717) is 33.7 Å². The van der Waals surface area contributed by atoms with Crippen LogP contribution in [0, 0.1) is 0 Å². The summed E-state index contributed by atoms with van der Waals surface area (Å²) in [4.78, 5) is 21.7. The third-order valence-electron chi connectivity index (χ3n) is 4.69. The minimum atomic E-state index is -0.157. The Balaban J connectivity index is 1.96. The van der Waals surface area contributed by atoms with Crippen LogP contribution in [0.1, 0.15) is 12.0 Å². The Hall–Kier alpha value is -2.61. The number of amides is 1. The van der Waals surface area contributed by atoms with Gasteiger partial charge in [-0.1, -0.05) is 41.1 Å². The van der Waals surface area contributed by atoms with Gasteiger partial charge in [0.15, 0.2) is 5.13 Å². The van der Waals surface area contributed by atoms with Crippen LogP contribution in [-0.4, -0.2) is 57.2 Å². The Morgan fingerprint density at radius 1 is 1.10 bits per heavy atom. The number of benzene rings is 2. The van der Waals surface area contributed by atoms with Crippen molar-refractivity contribution in [3.63, 3.8) is 0 Å². The molecule has 0 aliphatic heterocycles. The molecule has 0 atom stereocenters. The summed E-state index contributed by atoms with van der Waals surface area (Å²) >= 11 is 7.64. The second-order valence-electron chi connectivity index (χ2n) is 7.15. The first kappa shape index (κ1) is 23.1. The number of hydrogen-bond donors (Lipinski definition) is 0. The molecule has 2 aromatic carbocycles. The Morgan fingerprint density at radius 2 is 1.81 bits per heavy atom. The minimum absolute atomic E-state index is 0.157. The molecule has 0 N–H and O–H groups in total. The van der Waals surface area contributed by atoms with E-state index in [1.807, 2.05) is 44.4 Å². The topological polar surface area (TPSA) is 54.9 Å². The van der Waals surface area contributed by atoms with Crippen molar-refractivity contribution in [2.45, 2.75) is 6.42 Å². The van der Waals surface area contributed by atoms with Gasteiger partial charge in [-0.25, -0.2) is 4.98 Å². The van der Waals surface area contributed by atoms with Crippen molar-refractivity contribution >= 4 is 50.3 Å². The van der Waals surface area contributed by atoms with Gasteiger partial charge < -0.3 is 14.4 Å². The zero-order chi connectivity index (χ0) is 22.4. The molecule has 1 heterocycles. The molecule has 0 radical (unpaired) electrons. The van der Waals surface area contributed by atoms with Gasteiger partial charge in [0.05, 0.1) is 14.2 Å². The summed E-state index contributed by atoms with van der Waals surface area (Å²) in [5.74, 6) is 1.19. The summed E-state index contributed by atoms with van der Waals surface area (Å²) < 4.78 is 11.8. The van der Waals surface area contributed by atoms with Gasteiger partial charge in [0.25, 0.3) is 5.91 Å². The van der Waals surface area contributed by atoms with Crippen LogP contribution in [0.25, 0.3) is 16.3 Å². The van der Waals surface area contributed by atoms with Crippen LogP contribution >= 0.6 is 22.9 Å². The van der Waals surface area contributed by atoms with Crippen molar-refractivity contribution in [2.24, 2.45) is 0 Å². The van der Waals surface area contributed by atoms with Gasteiger partial charge in [-0.05, 0) is 56.9 Å². The first-order valence-electron chi connectivity index (χ1n) is 9.85. The lowest BCUT2D eigenvalue weighted by atomic mass is 10.2. The van der Waals surface area contributed by atoms with Crippen molar-refractivity contribution in [2.75, 3.05) is 46.3 Å². The Labute approximate surface area is 191 Å². The predicted octanol–water partition coefficient (Wildman–Crippen LogP) is 4.97. The minimum Gasteiger partial charge on any atom is -0.495 e. The number of hydrogen-bond acceptors (Lipinski definition) is 6. The standard InChI is InChI=1S/C23H26ClN3O3S/c1-26(2)14-7-15-27(20(28)13-10-16-8-5-6-9-17(16)24)23-25-21-18(29-3)11-12-19(30-4)22(21)31-23/h5-6,8-13H,7,14-15H2,1-4H3/b13-10+. The number of methoxy groups -OCH3 is 2. The van der Waals surface area contributed by atoms with Gasteiger partial charge in [0.1, 0.15) is 21.7 Å². The summed E-state index contributed by atoms with van der Waals surface area (Å²) in [7, 11) is 7.24. The number of carbonyl (C=O) groups is 1. The predicted molar refractivity (Wildman–Crippen MR) is 129 cm³/mol. The lowest BCUT2D eigenvalue weighted by Gasteiger charge is -2.19. The molecule has 1 amide bonds. The summed E-state index contributed by atoms with van der Waals surface area (Å²) in [5, 5.41) is 1.20. The molecular formula is C23H26ClN3O3S. The quantitative estimate of drug-likeness (QED) is 0.423. The van der Waals surface area contributed by atoms with E-state index in [0.717, 1.165) is 23.2 Å². The maximum Gasteiger partial charge on any atom is 0.252 e. The van der Waals surface area contributed by atoms with Crippen molar-refractivity contribution < 1.29 is 14.3 Å². The zero-order valence-corrected chi connectivity index (χ0v) is 19.7. The largest absolute Gasteiger partial charge is 0.495 e. The van der Waals surface area contributed by atoms with Gasteiger partial charge >= 0.3 is 0 Å². The third kappa shape index (κ3) is 5.55. The van der Waals surface area contributed by atoms with E-state index < -0.39 is 0 Å². The van der Waals surface area contributed by atoms with Crippen molar-refractivity contribution in [3.8, 4) is 11.5 Å². The number of anilines is 1. The van der Waals surface area contributed by atoms with Gasteiger partial charge in [-0.2, -0.15) is 0 Å². The van der Waals surface area contributed by atoms with Crippen LogP contribution in [0.3, 0.4) is 0 Å². The number of rotatable bonds is 9. The Bertz CT molecular complexity index is 1040. The number of carbonyl (C=O) groups excluding carboxylic acids is 1. The average Bonchev–Trinajstić information content (AvgIpc) is 3.20. The van der Waals surface area contributed by atoms with Crippen LogP contribution in [0.5, 0.6) is 11.5 Å². The van der Waals surface area contributed by atoms with Crippen LogP contribution in [0.4, 0.5) is 5.13 Å².